The van der Waals surface area contributed by atoms with Crippen LogP contribution in [0.25, 0.3) is 0 Å². The fourth-order valence-electron chi connectivity index (χ4n) is 0.810. The fourth-order valence-corrected chi connectivity index (χ4v) is 2.08. The number of rotatable bonds is 7. The summed E-state index contributed by atoms with van der Waals surface area (Å²) in [6, 6.07) is 9.01. The van der Waals surface area contributed by atoms with Crippen LogP contribution in [0, 0.1) is 56.7 Å². The van der Waals surface area contributed by atoms with Crippen LogP contribution in [0.5, 0.6) is 0 Å². The van der Waals surface area contributed by atoms with Crippen LogP contribution in [-0.4, -0.2) is 66.5 Å². The van der Waals surface area contributed by atoms with Crippen LogP contribution in [0.4, 0.5) is 0 Å². The van der Waals surface area contributed by atoms with E-state index >= 15 is 0 Å². The van der Waals surface area contributed by atoms with E-state index in [0.717, 1.165) is 41.6 Å². The summed E-state index contributed by atoms with van der Waals surface area (Å²) >= 11 is 4.36. The molecule has 1 atom stereocenters. The number of hydrogen-bond acceptors (Lipinski definition) is 11. The van der Waals surface area contributed by atoms with Crippen molar-refractivity contribution in [2.75, 3.05) is 40.9 Å². The maximum Gasteiger partial charge on any atom is 1.00 e. The third-order valence-electron chi connectivity index (χ3n) is 1.98. The standard InChI is InChI=1S/2C5H7NO2S.2C4H4BrN.C4H5N.CH4O2S.Na/c2*1-9(7,8)5-3-2-4-6;2*5-3-1-2-4-6;1-2-3-4-5;1-4(2)3;/h2*2-3H,5H2,1H3;2*1-2H,3H2;2H,1,3H2;1H3,(H,2,3);/q;;;;;;+1/p-1/b3-2+;3-2-;2-1+;2-1-;;;. The molecule has 17 heteroatoms. The minimum Gasteiger partial charge on any atom is -0.773 e. The van der Waals surface area contributed by atoms with Crippen LogP contribution < -0.4 is 29.6 Å². The number of nitriles is 5. The van der Waals surface area contributed by atoms with Gasteiger partial charge in [-0.2, -0.15) is 26.3 Å². The number of halogens is 2. The van der Waals surface area contributed by atoms with E-state index in [1.165, 1.54) is 24.3 Å². The summed E-state index contributed by atoms with van der Waals surface area (Å²) in [6.45, 7) is 3.33. The van der Waals surface area contributed by atoms with Crippen molar-refractivity contribution in [1.29, 1.82) is 26.3 Å². The van der Waals surface area contributed by atoms with E-state index in [2.05, 4.69) is 38.4 Å². The predicted molar refractivity (Wildman–Crippen MR) is 161 cm³/mol. The monoisotopic (exact) mass is 749 g/mol. The molecule has 0 rings (SSSR count). The van der Waals surface area contributed by atoms with Crippen molar-refractivity contribution < 1.29 is 55.2 Å². The predicted octanol–water partition coefficient (Wildman–Crippen LogP) is 0.729. The molecule has 0 spiro atoms. The van der Waals surface area contributed by atoms with Gasteiger partial charge in [0.2, 0.25) is 0 Å². The Morgan fingerprint density at radius 2 is 1.00 bits per heavy atom. The molecule has 216 valence electrons. The SMILES string of the molecule is C=CCC#N.CS(=O)(=O)C/C=C/C#N.CS(=O)(=O)C/C=C\C#N.CS(=O)[O-].N#C/C=C/CBr.N#C/C=C\CBr.[Na+]. The normalized spacial score (nSPS) is 10.0. The molecule has 0 bridgehead atoms. The van der Waals surface area contributed by atoms with Crippen LogP contribution in [0.15, 0.2) is 61.3 Å². The van der Waals surface area contributed by atoms with E-state index in [9.17, 15) is 16.8 Å². The van der Waals surface area contributed by atoms with Crippen molar-refractivity contribution in [2.45, 2.75) is 6.42 Å². The number of sulfone groups is 2. The number of nitrogens with zero attached hydrogens (tertiary/aromatic N) is 5. The van der Waals surface area contributed by atoms with Gasteiger partial charge in [0.05, 0.1) is 48.3 Å². The molecule has 0 N–H and O–H groups in total. The Hall–Kier alpha value is -1.88. The first-order chi connectivity index (χ1) is 18.1. The van der Waals surface area contributed by atoms with Crippen molar-refractivity contribution in [2.24, 2.45) is 0 Å². The summed E-state index contributed by atoms with van der Waals surface area (Å²) in [4.78, 5) is 0. The van der Waals surface area contributed by atoms with Gasteiger partial charge < -0.3 is 4.55 Å². The van der Waals surface area contributed by atoms with Gasteiger partial charge in [0.1, 0.15) is 0 Å². The summed E-state index contributed by atoms with van der Waals surface area (Å²) in [5, 5.41) is 40.8. The molecular formula is C23H30Br2N5NaO6S3. The molecule has 40 heavy (non-hydrogen) atoms. The minimum absolute atomic E-state index is 0. The van der Waals surface area contributed by atoms with E-state index < -0.39 is 30.8 Å². The maximum absolute atomic E-state index is 10.3. The molecule has 0 radical (unpaired) electrons. The molecule has 0 fully saturated rings. The van der Waals surface area contributed by atoms with Gasteiger partial charge in [0.25, 0.3) is 0 Å². The Morgan fingerprint density at radius 3 is 1.10 bits per heavy atom. The van der Waals surface area contributed by atoms with Gasteiger partial charge in [-0.15, -0.1) is 6.58 Å². The van der Waals surface area contributed by atoms with E-state index in [1.807, 2.05) is 18.2 Å². The smallest absolute Gasteiger partial charge is 0.773 e. The fraction of sp³-hybridized carbons (Fsp3) is 0.348. The third-order valence-corrected chi connectivity index (χ3v) is 4.32. The van der Waals surface area contributed by atoms with Crippen molar-refractivity contribution >= 4 is 62.6 Å². The van der Waals surface area contributed by atoms with Crippen LogP contribution >= 0.6 is 31.9 Å². The van der Waals surface area contributed by atoms with E-state index in [-0.39, 0.29) is 41.1 Å². The van der Waals surface area contributed by atoms with E-state index in [1.54, 1.807) is 30.4 Å². The Kier molecular flexibility index (Phi) is 63.6. The zero-order valence-electron chi connectivity index (χ0n) is 22.6. The van der Waals surface area contributed by atoms with Crippen molar-refractivity contribution in [3.63, 3.8) is 0 Å². The number of allylic oxidation sites excluding steroid dienone is 7. The Labute approximate surface area is 280 Å². The molecule has 1 unspecified atom stereocenters. The molecule has 0 saturated carbocycles. The average Bonchev–Trinajstić information content (AvgIpc) is 2.82. The molecule has 0 heterocycles. The van der Waals surface area contributed by atoms with Gasteiger partial charge in [-0.1, -0.05) is 73.3 Å². The second kappa shape index (κ2) is 46.9. The van der Waals surface area contributed by atoms with Gasteiger partial charge in [-0.3, -0.25) is 4.21 Å². The first-order valence-corrected chi connectivity index (χ1v) is 17.6. The summed E-state index contributed by atoms with van der Waals surface area (Å²) < 4.78 is 59.4. The summed E-state index contributed by atoms with van der Waals surface area (Å²) in [5.74, 6) is -0.110. The topological polar surface area (TPSA) is 227 Å². The van der Waals surface area contributed by atoms with Gasteiger partial charge in [0.15, 0.2) is 19.7 Å². The molecule has 0 aliphatic heterocycles. The number of alkyl halides is 2. The van der Waals surface area contributed by atoms with Crippen LogP contribution in [0.1, 0.15) is 6.42 Å². The number of hydrogen-bond donors (Lipinski definition) is 0. The second-order valence-electron chi connectivity index (χ2n) is 5.67. The first kappa shape index (κ1) is 54.2. The molecule has 11 nitrogen and oxygen atoms in total. The van der Waals surface area contributed by atoms with E-state index in [0.29, 0.717) is 6.42 Å². The second-order valence-corrected chi connectivity index (χ2v) is 12.1. The summed E-state index contributed by atoms with van der Waals surface area (Å²) in [6.07, 6.45) is 16.6. The van der Waals surface area contributed by atoms with Crippen LogP contribution in [0.2, 0.25) is 0 Å². The van der Waals surface area contributed by atoms with Crippen molar-refractivity contribution in [3.8, 4) is 30.3 Å². The molecule has 0 aromatic carbocycles. The van der Waals surface area contributed by atoms with Gasteiger partial charge in [0, 0.05) is 47.5 Å². The molecular weight excluding hydrogens is 721 g/mol. The Morgan fingerprint density at radius 1 is 0.750 bits per heavy atom. The van der Waals surface area contributed by atoms with Crippen molar-refractivity contribution in [3.05, 3.63) is 61.3 Å². The third kappa shape index (κ3) is 136. The average molecular weight is 752 g/mol. The largest absolute Gasteiger partial charge is 1.00 e. The Bertz CT molecular complexity index is 1100. The molecule has 0 aromatic rings. The molecule has 0 aliphatic carbocycles. The van der Waals surface area contributed by atoms with Crippen molar-refractivity contribution in [1.82, 2.24) is 0 Å². The van der Waals surface area contributed by atoms with Gasteiger partial charge >= 0.3 is 29.6 Å². The molecule has 0 saturated heterocycles. The Balaban J connectivity index is -0.0000000665. The zero-order chi connectivity index (χ0) is 32.0. The molecule has 0 aliphatic rings. The van der Waals surface area contributed by atoms with Crippen LogP contribution in [-0.2, 0) is 30.8 Å². The van der Waals surface area contributed by atoms with Gasteiger partial charge in [-0.05, 0) is 6.26 Å². The quantitative estimate of drug-likeness (QED) is 0.116. The zero-order valence-corrected chi connectivity index (χ0v) is 30.2. The summed E-state index contributed by atoms with van der Waals surface area (Å²) in [5.41, 5.74) is 0. The van der Waals surface area contributed by atoms with E-state index in [4.69, 9.17) is 35.1 Å². The minimum atomic E-state index is -2.93. The first-order valence-electron chi connectivity index (χ1n) is 9.75. The molecule has 0 aromatic heterocycles. The van der Waals surface area contributed by atoms with Crippen LogP contribution in [0.3, 0.4) is 0 Å². The summed E-state index contributed by atoms with van der Waals surface area (Å²) in [7, 11) is -5.87. The maximum atomic E-state index is 10.3. The molecule has 0 amide bonds. The van der Waals surface area contributed by atoms with Gasteiger partial charge in [-0.25, -0.2) is 16.8 Å².